The van der Waals surface area contributed by atoms with E-state index in [0.717, 1.165) is 17.7 Å². The van der Waals surface area contributed by atoms with Crippen molar-refractivity contribution in [1.82, 2.24) is 5.32 Å². The standard InChI is InChI=1S/C19H22ClNO2/c1-14(2)11-12-23-17-9-7-15(8-10-17)19(22)21-13-16-5-3-4-6-18(16)20/h3-10,14H,11-13H2,1-2H3,(H,21,22). The molecule has 0 bridgehead atoms. The van der Waals surface area contributed by atoms with Crippen molar-refractivity contribution in [3.05, 3.63) is 64.7 Å². The highest BCUT2D eigenvalue weighted by molar-refractivity contribution is 6.31. The second-order valence-corrected chi connectivity index (χ2v) is 6.24. The zero-order chi connectivity index (χ0) is 16.7. The summed E-state index contributed by atoms with van der Waals surface area (Å²) in [5, 5.41) is 3.52. The van der Waals surface area contributed by atoms with E-state index in [1.165, 1.54) is 0 Å². The molecule has 3 nitrogen and oxygen atoms in total. The fourth-order valence-corrected chi connectivity index (χ4v) is 2.24. The molecule has 2 rings (SSSR count). The molecule has 0 radical (unpaired) electrons. The van der Waals surface area contributed by atoms with Crippen LogP contribution in [0.5, 0.6) is 5.75 Å². The predicted octanol–water partition coefficient (Wildman–Crippen LogP) is 4.69. The van der Waals surface area contributed by atoms with Gasteiger partial charge in [-0.15, -0.1) is 0 Å². The van der Waals surface area contributed by atoms with Crippen LogP contribution in [0, 0.1) is 5.92 Å². The first-order valence-corrected chi connectivity index (χ1v) is 8.18. The Morgan fingerprint density at radius 2 is 1.83 bits per heavy atom. The van der Waals surface area contributed by atoms with Crippen molar-refractivity contribution in [2.24, 2.45) is 5.92 Å². The number of hydrogen-bond donors (Lipinski definition) is 1. The Kier molecular flexibility index (Phi) is 6.48. The van der Waals surface area contributed by atoms with Gasteiger partial charge in [0.25, 0.3) is 5.91 Å². The minimum atomic E-state index is -0.126. The van der Waals surface area contributed by atoms with Gasteiger partial charge >= 0.3 is 0 Å². The summed E-state index contributed by atoms with van der Waals surface area (Å²) in [7, 11) is 0. The molecule has 0 spiro atoms. The zero-order valence-corrected chi connectivity index (χ0v) is 14.3. The van der Waals surface area contributed by atoms with E-state index in [-0.39, 0.29) is 5.91 Å². The molecule has 122 valence electrons. The molecule has 0 saturated heterocycles. The van der Waals surface area contributed by atoms with Crippen molar-refractivity contribution in [2.45, 2.75) is 26.8 Å². The van der Waals surface area contributed by atoms with Gasteiger partial charge in [-0.2, -0.15) is 0 Å². The average Bonchev–Trinajstić information content (AvgIpc) is 2.54. The van der Waals surface area contributed by atoms with E-state index in [0.29, 0.717) is 29.7 Å². The van der Waals surface area contributed by atoms with Crippen LogP contribution < -0.4 is 10.1 Å². The summed E-state index contributed by atoms with van der Waals surface area (Å²) < 4.78 is 5.65. The monoisotopic (exact) mass is 331 g/mol. The summed E-state index contributed by atoms with van der Waals surface area (Å²) in [5.41, 5.74) is 1.50. The summed E-state index contributed by atoms with van der Waals surface area (Å²) >= 11 is 6.08. The Balaban J connectivity index is 1.86. The van der Waals surface area contributed by atoms with Crippen LogP contribution in [0.3, 0.4) is 0 Å². The Bertz CT molecular complexity index is 638. The summed E-state index contributed by atoms with van der Waals surface area (Å²) in [5.74, 6) is 1.27. The van der Waals surface area contributed by atoms with Crippen LogP contribution in [0.1, 0.15) is 36.2 Å². The van der Waals surface area contributed by atoms with Crippen LogP contribution >= 0.6 is 11.6 Å². The van der Waals surface area contributed by atoms with Gasteiger partial charge in [-0.25, -0.2) is 0 Å². The van der Waals surface area contributed by atoms with Crippen LogP contribution in [0.15, 0.2) is 48.5 Å². The van der Waals surface area contributed by atoms with Crippen molar-refractivity contribution in [1.29, 1.82) is 0 Å². The topological polar surface area (TPSA) is 38.3 Å². The number of benzene rings is 2. The van der Waals surface area contributed by atoms with E-state index in [1.807, 2.05) is 36.4 Å². The number of ether oxygens (including phenoxy) is 1. The second kappa shape index (κ2) is 8.59. The van der Waals surface area contributed by atoms with Crippen molar-refractivity contribution in [2.75, 3.05) is 6.61 Å². The lowest BCUT2D eigenvalue weighted by Crippen LogP contribution is -2.22. The molecule has 1 N–H and O–H groups in total. The molecule has 0 heterocycles. The molecule has 0 saturated carbocycles. The van der Waals surface area contributed by atoms with Gasteiger partial charge < -0.3 is 10.1 Å². The molecule has 2 aromatic carbocycles. The lowest BCUT2D eigenvalue weighted by molar-refractivity contribution is 0.0951. The van der Waals surface area contributed by atoms with Gasteiger partial charge in [0.2, 0.25) is 0 Å². The first-order valence-electron chi connectivity index (χ1n) is 7.80. The zero-order valence-electron chi connectivity index (χ0n) is 13.5. The molecular formula is C19H22ClNO2. The van der Waals surface area contributed by atoms with E-state index in [4.69, 9.17) is 16.3 Å². The molecule has 0 aliphatic rings. The van der Waals surface area contributed by atoms with Crippen LogP contribution in [0.2, 0.25) is 5.02 Å². The maximum atomic E-state index is 12.1. The number of carbonyl (C=O) groups excluding carboxylic acids is 1. The Morgan fingerprint density at radius 3 is 2.48 bits per heavy atom. The van der Waals surface area contributed by atoms with Crippen molar-refractivity contribution in [3.8, 4) is 5.75 Å². The van der Waals surface area contributed by atoms with Crippen LogP contribution in [0.4, 0.5) is 0 Å². The van der Waals surface area contributed by atoms with Crippen molar-refractivity contribution in [3.63, 3.8) is 0 Å². The molecule has 2 aromatic rings. The number of rotatable bonds is 7. The van der Waals surface area contributed by atoms with Gasteiger partial charge in [0.1, 0.15) is 5.75 Å². The third-order valence-electron chi connectivity index (χ3n) is 3.48. The van der Waals surface area contributed by atoms with E-state index in [2.05, 4.69) is 19.2 Å². The van der Waals surface area contributed by atoms with Gasteiger partial charge in [0.15, 0.2) is 0 Å². The van der Waals surface area contributed by atoms with Crippen LogP contribution in [-0.4, -0.2) is 12.5 Å². The normalized spacial score (nSPS) is 10.6. The summed E-state index contributed by atoms with van der Waals surface area (Å²) in [6.07, 6.45) is 1.01. The first kappa shape index (κ1) is 17.4. The van der Waals surface area contributed by atoms with Crippen LogP contribution in [-0.2, 0) is 6.54 Å². The highest BCUT2D eigenvalue weighted by Crippen LogP contribution is 2.16. The maximum absolute atomic E-state index is 12.1. The largest absolute Gasteiger partial charge is 0.494 e. The quantitative estimate of drug-likeness (QED) is 0.799. The molecule has 0 aromatic heterocycles. The van der Waals surface area contributed by atoms with E-state index in [1.54, 1.807) is 12.1 Å². The van der Waals surface area contributed by atoms with Gasteiger partial charge in [0.05, 0.1) is 6.61 Å². The van der Waals surface area contributed by atoms with E-state index >= 15 is 0 Å². The van der Waals surface area contributed by atoms with Gasteiger partial charge in [-0.1, -0.05) is 43.6 Å². The molecule has 0 fully saturated rings. The molecule has 23 heavy (non-hydrogen) atoms. The lowest BCUT2D eigenvalue weighted by Gasteiger charge is -2.09. The number of halogens is 1. The molecule has 4 heteroatoms. The van der Waals surface area contributed by atoms with Gasteiger partial charge in [0, 0.05) is 17.1 Å². The Morgan fingerprint density at radius 1 is 1.13 bits per heavy atom. The van der Waals surface area contributed by atoms with Crippen molar-refractivity contribution < 1.29 is 9.53 Å². The summed E-state index contributed by atoms with van der Waals surface area (Å²) in [6.45, 7) is 5.42. The Hall–Kier alpha value is -2.00. The van der Waals surface area contributed by atoms with E-state index < -0.39 is 0 Å². The van der Waals surface area contributed by atoms with E-state index in [9.17, 15) is 4.79 Å². The second-order valence-electron chi connectivity index (χ2n) is 5.83. The third kappa shape index (κ3) is 5.61. The van der Waals surface area contributed by atoms with Gasteiger partial charge in [-0.3, -0.25) is 4.79 Å². The summed E-state index contributed by atoms with van der Waals surface area (Å²) in [4.78, 5) is 12.1. The maximum Gasteiger partial charge on any atom is 0.251 e. The highest BCUT2D eigenvalue weighted by Gasteiger charge is 2.07. The lowest BCUT2D eigenvalue weighted by atomic mass is 10.1. The molecule has 0 atom stereocenters. The molecular weight excluding hydrogens is 310 g/mol. The summed E-state index contributed by atoms with van der Waals surface area (Å²) in [6, 6.07) is 14.7. The average molecular weight is 332 g/mol. The number of hydrogen-bond acceptors (Lipinski definition) is 2. The number of amides is 1. The highest BCUT2D eigenvalue weighted by atomic mass is 35.5. The van der Waals surface area contributed by atoms with Crippen molar-refractivity contribution >= 4 is 17.5 Å². The third-order valence-corrected chi connectivity index (χ3v) is 3.85. The molecule has 0 aliphatic heterocycles. The predicted molar refractivity (Wildman–Crippen MR) is 94.0 cm³/mol. The SMILES string of the molecule is CC(C)CCOc1ccc(C(=O)NCc2ccccc2Cl)cc1. The minimum absolute atomic E-state index is 0.126. The number of nitrogens with one attached hydrogen (secondary N) is 1. The Labute approximate surface area is 142 Å². The molecule has 1 amide bonds. The molecule has 0 aliphatic carbocycles. The minimum Gasteiger partial charge on any atom is -0.494 e. The smallest absolute Gasteiger partial charge is 0.251 e. The molecule has 0 unspecified atom stereocenters. The fourth-order valence-electron chi connectivity index (χ4n) is 2.03. The fraction of sp³-hybridized carbons (Fsp3) is 0.316. The van der Waals surface area contributed by atoms with Gasteiger partial charge in [-0.05, 0) is 48.2 Å². The van der Waals surface area contributed by atoms with Crippen LogP contribution in [0.25, 0.3) is 0 Å². The number of carbonyl (C=O) groups is 1. The first-order chi connectivity index (χ1) is 11.1.